The first-order valence-corrected chi connectivity index (χ1v) is 8.90. The SMILES string of the molecule is C1C2CC3CC1CC(C2)C3.NC(Cc1ccc(O)c(O)c1)C(=O)O. The lowest BCUT2D eigenvalue weighted by molar-refractivity contribution is -0.138. The molecule has 5 nitrogen and oxygen atoms in total. The zero-order valence-electron chi connectivity index (χ0n) is 13.9. The molecule has 1 aromatic carbocycles. The van der Waals surface area contributed by atoms with Crippen molar-refractivity contribution >= 4 is 5.97 Å². The van der Waals surface area contributed by atoms with Crippen LogP contribution in [0.2, 0.25) is 0 Å². The van der Waals surface area contributed by atoms with Crippen molar-refractivity contribution in [3.05, 3.63) is 23.8 Å². The van der Waals surface area contributed by atoms with Gasteiger partial charge in [0.05, 0.1) is 0 Å². The first-order valence-electron chi connectivity index (χ1n) is 8.90. The van der Waals surface area contributed by atoms with Crippen molar-refractivity contribution in [3.8, 4) is 11.5 Å². The summed E-state index contributed by atoms with van der Waals surface area (Å²) in [7, 11) is 0. The molecule has 5 N–H and O–H groups in total. The topological polar surface area (TPSA) is 104 Å². The molecule has 1 aromatic rings. The van der Waals surface area contributed by atoms with Crippen molar-refractivity contribution in [2.24, 2.45) is 29.4 Å². The van der Waals surface area contributed by atoms with E-state index in [0.29, 0.717) is 5.56 Å². The fraction of sp³-hybridized carbons (Fsp3) is 0.632. The van der Waals surface area contributed by atoms with Crippen molar-refractivity contribution in [1.29, 1.82) is 0 Å². The number of hydrogen-bond donors (Lipinski definition) is 4. The molecule has 1 unspecified atom stereocenters. The molecule has 1 atom stereocenters. The Hall–Kier alpha value is -1.75. The summed E-state index contributed by atoms with van der Waals surface area (Å²) in [5, 5.41) is 26.6. The number of carboxylic acids is 1. The Kier molecular flexibility index (Phi) is 4.99. The van der Waals surface area contributed by atoms with Crippen LogP contribution in [0.1, 0.15) is 44.1 Å². The standard InChI is InChI=1S/C10H16.C9H11NO4/c1-7-2-9-4-8(1)5-10(3-7)6-9;10-6(9(13)14)3-5-1-2-7(11)8(12)4-5/h7-10H,1-6H2;1-2,4,6,11-12H,3,10H2,(H,13,14). The molecule has 5 heteroatoms. The lowest BCUT2D eigenvalue weighted by Gasteiger charge is -2.49. The van der Waals surface area contributed by atoms with Gasteiger partial charge in [-0.05, 0) is 86.3 Å². The molecule has 4 saturated carbocycles. The minimum absolute atomic E-state index is 0.114. The summed E-state index contributed by atoms with van der Waals surface area (Å²) >= 11 is 0. The van der Waals surface area contributed by atoms with Crippen LogP contribution in [0.5, 0.6) is 11.5 Å². The molecule has 24 heavy (non-hydrogen) atoms. The van der Waals surface area contributed by atoms with E-state index in [9.17, 15) is 4.79 Å². The number of aliphatic carboxylic acids is 1. The Morgan fingerprint density at radius 2 is 1.42 bits per heavy atom. The number of nitrogens with two attached hydrogens (primary N) is 1. The van der Waals surface area contributed by atoms with Crippen LogP contribution in [0.15, 0.2) is 18.2 Å². The van der Waals surface area contributed by atoms with Gasteiger partial charge in [0.15, 0.2) is 11.5 Å². The minimum atomic E-state index is -1.10. The van der Waals surface area contributed by atoms with Crippen LogP contribution in [0.4, 0.5) is 0 Å². The number of carboxylic acid groups (broad SMARTS) is 1. The molecule has 0 aliphatic heterocycles. The monoisotopic (exact) mass is 333 g/mol. The van der Waals surface area contributed by atoms with E-state index in [1.54, 1.807) is 38.5 Å². The third-order valence-corrected chi connectivity index (χ3v) is 5.81. The Morgan fingerprint density at radius 1 is 0.958 bits per heavy atom. The van der Waals surface area contributed by atoms with Crippen LogP contribution < -0.4 is 5.73 Å². The highest BCUT2D eigenvalue weighted by Gasteiger charge is 2.41. The van der Waals surface area contributed by atoms with Crippen LogP contribution in [0.25, 0.3) is 0 Å². The molecule has 0 heterocycles. The maximum absolute atomic E-state index is 10.4. The van der Waals surface area contributed by atoms with E-state index in [-0.39, 0.29) is 17.9 Å². The van der Waals surface area contributed by atoms with Crippen LogP contribution in [0, 0.1) is 23.7 Å². The molecule has 0 spiro atoms. The van der Waals surface area contributed by atoms with Crippen LogP contribution in [-0.4, -0.2) is 27.3 Å². The van der Waals surface area contributed by atoms with E-state index in [2.05, 4.69) is 0 Å². The van der Waals surface area contributed by atoms with Crippen molar-refractivity contribution in [2.75, 3.05) is 0 Å². The van der Waals surface area contributed by atoms with Crippen molar-refractivity contribution in [1.82, 2.24) is 0 Å². The highest BCUT2D eigenvalue weighted by molar-refractivity contribution is 5.73. The minimum Gasteiger partial charge on any atom is -0.504 e. The molecule has 132 valence electrons. The van der Waals surface area contributed by atoms with Gasteiger partial charge in [0.2, 0.25) is 0 Å². The Bertz CT molecular complexity index is 545. The average molecular weight is 333 g/mol. The Balaban J connectivity index is 0.000000147. The van der Waals surface area contributed by atoms with Gasteiger partial charge >= 0.3 is 5.97 Å². The highest BCUT2D eigenvalue weighted by atomic mass is 16.4. The summed E-state index contributed by atoms with van der Waals surface area (Å²) in [6, 6.07) is 3.09. The maximum Gasteiger partial charge on any atom is 0.320 e. The summed E-state index contributed by atoms with van der Waals surface area (Å²) in [5.41, 5.74) is 5.86. The van der Waals surface area contributed by atoms with Crippen LogP contribution >= 0.6 is 0 Å². The largest absolute Gasteiger partial charge is 0.504 e. The summed E-state index contributed by atoms with van der Waals surface area (Å²) in [6.07, 6.45) is 9.74. The van der Waals surface area contributed by atoms with Crippen molar-refractivity contribution in [2.45, 2.75) is 51.0 Å². The first-order chi connectivity index (χ1) is 11.4. The first kappa shape index (κ1) is 17.1. The molecule has 5 rings (SSSR count). The van der Waals surface area contributed by atoms with Crippen molar-refractivity contribution < 1.29 is 20.1 Å². The molecule has 0 saturated heterocycles. The van der Waals surface area contributed by atoms with Gasteiger partial charge in [0.25, 0.3) is 0 Å². The van der Waals surface area contributed by atoms with E-state index in [1.165, 1.54) is 41.9 Å². The van der Waals surface area contributed by atoms with Gasteiger partial charge in [-0.25, -0.2) is 0 Å². The maximum atomic E-state index is 10.4. The van der Waals surface area contributed by atoms with Gasteiger partial charge in [0, 0.05) is 0 Å². The quantitative estimate of drug-likeness (QED) is 0.637. The van der Waals surface area contributed by atoms with E-state index in [4.69, 9.17) is 21.1 Å². The Labute approximate surface area is 142 Å². The van der Waals surface area contributed by atoms with Crippen LogP contribution in [-0.2, 0) is 11.2 Å². The van der Waals surface area contributed by atoms with Gasteiger partial charge < -0.3 is 21.1 Å². The van der Waals surface area contributed by atoms with Crippen LogP contribution in [0.3, 0.4) is 0 Å². The molecular weight excluding hydrogens is 306 g/mol. The molecule has 0 aromatic heterocycles. The van der Waals surface area contributed by atoms with Gasteiger partial charge in [-0.2, -0.15) is 0 Å². The van der Waals surface area contributed by atoms with Gasteiger partial charge in [-0.15, -0.1) is 0 Å². The van der Waals surface area contributed by atoms with E-state index >= 15 is 0 Å². The summed E-state index contributed by atoms with van der Waals surface area (Å²) in [6.45, 7) is 0. The molecule has 4 bridgehead atoms. The second kappa shape index (κ2) is 7.01. The average Bonchev–Trinajstić information content (AvgIpc) is 2.50. The molecule has 4 aliphatic rings. The fourth-order valence-corrected chi connectivity index (χ4v) is 5.02. The molecule has 4 fully saturated rings. The number of carbonyl (C=O) groups is 1. The van der Waals surface area contributed by atoms with Crippen molar-refractivity contribution in [3.63, 3.8) is 0 Å². The zero-order valence-corrected chi connectivity index (χ0v) is 13.9. The third-order valence-electron chi connectivity index (χ3n) is 5.81. The summed E-state index contributed by atoms with van der Waals surface area (Å²) in [5.74, 6) is 3.09. The van der Waals surface area contributed by atoms with Gasteiger partial charge in [-0.1, -0.05) is 6.07 Å². The van der Waals surface area contributed by atoms with E-state index < -0.39 is 12.0 Å². The lowest BCUT2D eigenvalue weighted by atomic mass is 9.56. The number of phenolic OH excluding ortho intramolecular Hbond substituents is 2. The molecule has 0 radical (unpaired) electrons. The predicted octanol–water partition coefficient (Wildman–Crippen LogP) is 2.88. The highest BCUT2D eigenvalue weighted by Crippen LogP contribution is 2.53. The number of rotatable bonds is 3. The zero-order chi connectivity index (χ0) is 17.3. The van der Waals surface area contributed by atoms with E-state index in [0.717, 1.165) is 0 Å². The molecule has 0 amide bonds. The van der Waals surface area contributed by atoms with E-state index in [1.807, 2.05) is 0 Å². The predicted molar refractivity (Wildman–Crippen MR) is 90.7 cm³/mol. The van der Waals surface area contributed by atoms with Gasteiger partial charge in [0.1, 0.15) is 6.04 Å². The fourth-order valence-electron chi connectivity index (χ4n) is 5.02. The number of benzene rings is 1. The van der Waals surface area contributed by atoms with Gasteiger partial charge in [-0.3, -0.25) is 4.79 Å². The molecule has 4 aliphatic carbocycles. The second-order valence-corrected chi connectivity index (χ2v) is 7.85. The number of phenols is 2. The Morgan fingerprint density at radius 3 is 1.79 bits per heavy atom. The normalized spacial score (nSPS) is 31.2. The number of aromatic hydroxyl groups is 2. The molecular formula is C19H27NO4. The lowest BCUT2D eigenvalue weighted by Crippen LogP contribution is -2.38. The smallest absolute Gasteiger partial charge is 0.320 e. The number of hydrogen-bond acceptors (Lipinski definition) is 4. The second-order valence-electron chi connectivity index (χ2n) is 7.85. The summed E-state index contributed by atoms with van der Waals surface area (Å²) in [4.78, 5) is 10.4. The summed E-state index contributed by atoms with van der Waals surface area (Å²) < 4.78 is 0. The third kappa shape index (κ3) is 4.01.